The highest BCUT2D eigenvalue weighted by molar-refractivity contribution is 7.85. The van der Waals surface area contributed by atoms with Gasteiger partial charge < -0.3 is 4.57 Å². The van der Waals surface area contributed by atoms with Crippen LogP contribution in [0.25, 0.3) is 32.7 Å². The number of benzene rings is 6. The van der Waals surface area contributed by atoms with Crippen molar-refractivity contribution < 1.29 is 4.57 Å². The maximum atomic E-state index is 14.6. The van der Waals surface area contributed by atoms with Crippen LogP contribution in [-0.2, 0) is 4.57 Å². The molecule has 0 radical (unpaired) electrons. The molecule has 162 valence electrons. The van der Waals surface area contributed by atoms with E-state index >= 15 is 0 Å². The Hall–Kier alpha value is -3.93. The molecule has 0 N–H and O–H groups in total. The van der Waals surface area contributed by atoms with Gasteiger partial charge in [-0.25, -0.2) is 0 Å². The first-order chi connectivity index (χ1) is 16.7. The highest BCUT2D eigenvalue weighted by Gasteiger charge is 2.29. The Kier molecular flexibility index (Phi) is 5.13. The van der Waals surface area contributed by atoms with Gasteiger partial charge in [0.25, 0.3) is 0 Å². The maximum absolute atomic E-state index is 14.6. The molecule has 0 aromatic heterocycles. The lowest BCUT2D eigenvalue weighted by Gasteiger charge is -2.20. The van der Waals surface area contributed by atoms with Gasteiger partial charge in [0.2, 0.25) is 0 Å². The van der Waals surface area contributed by atoms with Crippen molar-refractivity contribution in [1.82, 2.24) is 0 Å². The molecule has 0 aliphatic heterocycles. The van der Waals surface area contributed by atoms with Gasteiger partial charge in [-0.15, -0.1) is 0 Å². The summed E-state index contributed by atoms with van der Waals surface area (Å²) >= 11 is 0. The Morgan fingerprint density at radius 2 is 0.853 bits per heavy atom. The topological polar surface area (TPSA) is 17.1 Å². The fraction of sp³-hybridized carbons (Fsp3) is 0. The summed E-state index contributed by atoms with van der Waals surface area (Å²) in [6.07, 6.45) is 0. The molecule has 34 heavy (non-hydrogen) atoms. The second-order valence-electron chi connectivity index (χ2n) is 8.55. The largest absolute Gasteiger partial charge is 0.309 e. The van der Waals surface area contributed by atoms with Crippen LogP contribution in [-0.4, -0.2) is 0 Å². The van der Waals surface area contributed by atoms with Gasteiger partial charge in [0.1, 0.15) is 0 Å². The van der Waals surface area contributed by atoms with Crippen molar-refractivity contribution in [3.05, 3.63) is 140 Å². The van der Waals surface area contributed by atoms with E-state index in [-0.39, 0.29) is 0 Å². The summed E-state index contributed by atoms with van der Waals surface area (Å²) in [4.78, 5) is 0. The van der Waals surface area contributed by atoms with Gasteiger partial charge in [-0.1, -0.05) is 133 Å². The molecule has 0 aliphatic carbocycles. The molecule has 0 fully saturated rings. The van der Waals surface area contributed by atoms with Gasteiger partial charge in [0.15, 0.2) is 7.14 Å². The smallest absolute Gasteiger partial charge is 0.171 e. The van der Waals surface area contributed by atoms with Crippen molar-refractivity contribution in [2.75, 3.05) is 0 Å². The lowest BCUT2D eigenvalue weighted by atomic mass is 9.97. The molecule has 0 aliphatic rings. The molecule has 0 atom stereocenters. The Labute approximate surface area is 199 Å². The third kappa shape index (κ3) is 3.46. The van der Waals surface area contributed by atoms with Crippen LogP contribution in [0.3, 0.4) is 0 Å². The maximum Gasteiger partial charge on any atom is 0.171 e. The van der Waals surface area contributed by atoms with Crippen LogP contribution in [0.15, 0.2) is 140 Å². The minimum atomic E-state index is -2.96. The molecule has 0 unspecified atom stereocenters. The second kappa shape index (κ2) is 8.45. The molecule has 0 amide bonds. The summed E-state index contributed by atoms with van der Waals surface area (Å²) in [7, 11) is -2.96. The van der Waals surface area contributed by atoms with Crippen molar-refractivity contribution in [2.45, 2.75) is 0 Å². The third-order valence-electron chi connectivity index (χ3n) is 6.55. The van der Waals surface area contributed by atoms with E-state index in [2.05, 4.69) is 66.7 Å². The molecule has 0 heterocycles. The molecular formula is C32H23OP. The molecule has 6 rings (SSSR count). The fourth-order valence-corrected chi connectivity index (χ4v) is 7.42. The first-order valence-corrected chi connectivity index (χ1v) is 13.2. The average molecular weight is 455 g/mol. The van der Waals surface area contributed by atoms with Crippen LogP contribution >= 0.6 is 7.14 Å². The molecule has 6 aromatic carbocycles. The SMILES string of the molecule is O=P(c1ccccc1)(c1ccccc1)c1ccc(-c2ccc3ccc4ccccc4c3c2)cc1. The second-order valence-corrected chi connectivity index (χ2v) is 11.3. The molecule has 1 nitrogen and oxygen atoms in total. The lowest BCUT2D eigenvalue weighted by molar-refractivity contribution is 0.592. The minimum absolute atomic E-state index is 0.847. The molecule has 0 bridgehead atoms. The lowest BCUT2D eigenvalue weighted by Crippen LogP contribution is -2.24. The zero-order chi connectivity index (χ0) is 23.0. The first-order valence-electron chi connectivity index (χ1n) is 11.5. The van der Waals surface area contributed by atoms with Gasteiger partial charge in [-0.2, -0.15) is 0 Å². The molecular weight excluding hydrogens is 431 g/mol. The highest BCUT2D eigenvalue weighted by atomic mass is 31.2. The van der Waals surface area contributed by atoms with E-state index < -0.39 is 7.14 Å². The van der Waals surface area contributed by atoms with Gasteiger partial charge in [-0.3, -0.25) is 0 Å². The Balaban J connectivity index is 1.47. The molecule has 0 saturated heterocycles. The fourth-order valence-electron chi connectivity index (χ4n) is 4.77. The summed E-state index contributed by atoms with van der Waals surface area (Å²) in [5.41, 5.74) is 2.27. The Bertz CT molecular complexity index is 1610. The van der Waals surface area contributed by atoms with Crippen LogP contribution in [0.1, 0.15) is 0 Å². The summed E-state index contributed by atoms with van der Waals surface area (Å²) in [6.45, 7) is 0. The summed E-state index contributed by atoms with van der Waals surface area (Å²) in [6, 6.07) is 47.4. The van der Waals surface area contributed by atoms with E-state index in [0.717, 1.165) is 27.0 Å². The predicted molar refractivity (Wildman–Crippen MR) is 146 cm³/mol. The summed E-state index contributed by atoms with van der Waals surface area (Å²) < 4.78 is 14.6. The minimum Gasteiger partial charge on any atom is -0.309 e. The Morgan fingerprint density at radius 1 is 0.382 bits per heavy atom. The monoisotopic (exact) mass is 454 g/mol. The van der Waals surface area contributed by atoms with Gasteiger partial charge >= 0.3 is 0 Å². The quantitative estimate of drug-likeness (QED) is 0.202. The van der Waals surface area contributed by atoms with Crippen LogP contribution in [0.5, 0.6) is 0 Å². The zero-order valence-electron chi connectivity index (χ0n) is 18.6. The molecule has 2 heteroatoms. The molecule has 0 spiro atoms. The van der Waals surface area contributed by atoms with Crippen molar-refractivity contribution in [3.63, 3.8) is 0 Å². The number of hydrogen-bond donors (Lipinski definition) is 0. The van der Waals surface area contributed by atoms with E-state index in [4.69, 9.17) is 0 Å². The van der Waals surface area contributed by atoms with E-state index in [1.807, 2.05) is 72.8 Å². The number of rotatable bonds is 4. The van der Waals surface area contributed by atoms with E-state index in [1.165, 1.54) is 21.5 Å². The van der Waals surface area contributed by atoms with Gasteiger partial charge in [-0.05, 0) is 38.7 Å². The van der Waals surface area contributed by atoms with Crippen LogP contribution in [0.2, 0.25) is 0 Å². The number of fused-ring (bicyclic) bond motifs is 3. The first kappa shape index (κ1) is 20.7. The van der Waals surface area contributed by atoms with Gasteiger partial charge in [0.05, 0.1) is 0 Å². The van der Waals surface area contributed by atoms with Gasteiger partial charge in [0, 0.05) is 15.9 Å². The Morgan fingerprint density at radius 3 is 1.50 bits per heavy atom. The zero-order valence-corrected chi connectivity index (χ0v) is 19.5. The number of hydrogen-bond acceptors (Lipinski definition) is 1. The van der Waals surface area contributed by atoms with E-state index in [1.54, 1.807) is 0 Å². The summed E-state index contributed by atoms with van der Waals surface area (Å²) in [5.74, 6) is 0. The van der Waals surface area contributed by atoms with Crippen molar-refractivity contribution >= 4 is 44.6 Å². The van der Waals surface area contributed by atoms with E-state index in [0.29, 0.717) is 0 Å². The molecule has 0 saturated carbocycles. The normalized spacial score (nSPS) is 11.6. The predicted octanol–water partition coefficient (Wildman–Crippen LogP) is 7.30. The standard InChI is InChI=1S/C32H23OP/c33-34(28-10-3-1-4-11-28,29-12-5-2-6-13-29)30-21-19-24(20-22-30)27-18-17-26-16-15-25-9-7-8-14-31(25)32(26)23-27/h1-23H. The van der Waals surface area contributed by atoms with Crippen molar-refractivity contribution in [1.29, 1.82) is 0 Å². The highest BCUT2D eigenvalue weighted by Crippen LogP contribution is 2.42. The summed E-state index contributed by atoms with van der Waals surface area (Å²) in [5, 5.41) is 7.54. The van der Waals surface area contributed by atoms with Crippen LogP contribution in [0.4, 0.5) is 0 Å². The van der Waals surface area contributed by atoms with Crippen molar-refractivity contribution in [2.24, 2.45) is 0 Å². The van der Waals surface area contributed by atoms with Crippen LogP contribution in [0, 0.1) is 0 Å². The van der Waals surface area contributed by atoms with Crippen LogP contribution < -0.4 is 15.9 Å². The molecule has 6 aromatic rings. The van der Waals surface area contributed by atoms with E-state index in [9.17, 15) is 4.57 Å². The van der Waals surface area contributed by atoms with Crippen molar-refractivity contribution in [3.8, 4) is 11.1 Å². The average Bonchev–Trinajstić information content (AvgIpc) is 2.93. The third-order valence-corrected chi connectivity index (χ3v) is 9.63.